The molecule has 3 rings (SSSR count). The van der Waals surface area contributed by atoms with Gasteiger partial charge in [0, 0.05) is 37.2 Å². The molecule has 6 nitrogen and oxygen atoms in total. The molecule has 1 aromatic carbocycles. The maximum absolute atomic E-state index is 12.6. The molecular weight excluding hydrogens is 356 g/mol. The fraction of sp³-hybridized carbons (Fsp3) is 0.364. The second-order valence-corrected chi connectivity index (χ2v) is 6.85. The lowest BCUT2D eigenvalue weighted by atomic mass is 9.92. The molecule has 1 saturated heterocycles. The van der Waals surface area contributed by atoms with Crippen molar-refractivity contribution < 1.29 is 19.1 Å². The number of pyridine rings is 1. The molecule has 2 aromatic rings. The van der Waals surface area contributed by atoms with Gasteiger partial charge in [0.2, 0.25) is 0 Å². The van der Waals surface area contributed by atoms with Crippen molar-refractivity contribution in [3.05, 3.63) is 59.9 Å². The van der Waals surface area contributed by atoms with E-state index in [0.717, 1.165) is 12.8 Å². The average molecular weight is 380 g/mol. The summed E-state index contributed by atoms with van der Waals surface area (Å²) in [5.41, 5.74) is 1.08. The van der Waals surface area contributed by atoms with E-state index in [1.54, 1.807) is 53.6 Å². The molecule has 1 fully saturated rings. The number of Topliss-reactive ketones (excluding diaryl/α,β-unsaturated/α-hetero) is 2. The molecule has 1 aromatic heterocycles. The first kappa shape index (κ1) is 19.7. The second-order valence-electron chi connectivity index (χ2n) is 6.85. The van der Waals surface area contributed by atoms with Crippen molar-refractivity contribution in [3.8, 4) is 5.75 Å². The highest BCUT2D eigenvalue weighted by molar-refractivity contribution is 5.97. The van der Waals surface area contributed by atoms with Gasteiger partial charge in [0.1, 0.15) is 11.4 Å². The SMILES string of the molecule is CCC(=O)c1ccc(OCC(=O)N2CCC[C@@H](C(=O)c3ccccn3)C2)cc1. The zero-order chi connectivity index (χ0) is 19.9. The van der Waals surface area contributed by atoms with Crippen molar-refractivity contribution in [2.24, 2.45) is 5.92 Å². The van der Waals surface area contributed by atoms with Crippen molar-refractivity contribution in [2.75, 3.05) is 19.7 Å². The Bertz CT molecular complexity index is 833. The van der Waals surface area contributed by atoms with Gasteiger partial charge in [-0.1, -0.05) is 13.0 Å². The number of aromatic nitrogens is 1. The zero-order valence-electron chi connectivity index (χ0n) is 16.0. The molecule has 1 aliphatic heterocycles. The summed E-state index contributed by atoms with van der Waals surface area (Å²) >= 11 is 0. The normalized spacial score (nSPS) is 16.5. The zero-order valence-corrected chi connectivity index (χ0v) is 16.0. The van der Waals surface area contributed by atoms with Crippen molar-refractivity contribution in [1.29, 1.82) is 0 Å². The molecule has 0 aliphatic carbocycles. The highest BCUT2D eigenvalue weighted by atomic mass is 16.5. The van der Waals surface area contributed by atoms with Gasteiger partial charge in [-0.15, -0.1) is 0 Å². The summed E-state index contributed by atoms with van der Waals surface area (Å²) < 4.78 is 5.57. The number of carbonyl (C=O) groups excluding carboxylic acids is 3. The molecule has 2 heterocycles. The van der Waals surface area contributed by atoms with E-state index in [4.69, 9.17) is 4.74 Å². The number of likely N-dealkylation sites (tertiary alicyclic amines) is 1. The van der Waals surface area contributed by atoms with Gasteiger partial charge in [0.15, 0.2) is 18.2 Å². The number of ketones is 2. The Hall–Kier alpha value is -3.02. The first-order chi connectivity index (χ1) is 13.6. The molecule has 1 atom stereocenters. The predicted octanol–water partition coefficient (Wildman–Crippen LogP) is 3.17. The number of ether oxygens (including phenoxy) is 1. The number of hydrogen-bond acceptors (Lipinski definition) is 5. The van der Waals surface area contributed by atoms with Gasteiger partial charge in [-0.3, -0.25) is 19.4 Å². The quantitative estimate of drug-likeness (QED) is 0.690. The minimum Gasteiger partial charge on any atom is -0.484 e. The maximum Gasteiger partial charge on any atom is 0.260 e. The molecule has 0 N–H and O–H groups in total. The minimum absolute atomic E-state index is 0.0183. The second kappa shape index (κ2) is 9.26. The Labute approximate surface area is 164 Å². The summed E-state index contributed by atoms with van der Waals surface area (Å²) in [6.07, 6.45) is 3.59. The number of hydrogen-bond donors (Lipinski definition) is 0. The van der Waals surface area contributed by atoms with Crippen LogP contribution in [-0.4, -0.2) is 47.1 Å². The van der Waals surface area contributed by atoms with Crippen LogP contribution in [0.3, 0.4) is 0 Å². The molecule has 0 saturated carbocycles. The van der Waals surface area contributed by atoms with Gasteiger partial charge in [0.05, 0.1) is 0 Å². The fourth-order valence-corrected chi connectivity index (χ4v) is 3.31. The first-order valence-corrected chi connectivity index (χ1v) is 9.57. The summed E-state index contributed by atoms with van der Waals surface area (Å²) in [4.78, 5) is 42.6. The Morgan fingerprint density at radius 1 is 1.14 bits per heavy atom. The molecule has 0 bridgehead atoms. The van der Waals surface area contributed by atoms with Crippen LogP contribution in [-0.2, 0) is 4.79 Å². The number of amides is 1. The summed E-state index contributed by atoms with van der Waals surface area (Å²) in [6, 6.07) is 12.1. The van der Waals surface area contributed by atoms with E-state index in [9.17, 15) is 14.4 Å². The van der Waals surface area contributed by atoms with Crippen molar-refractivity contribution >= 4 is 17.5 Å². The molecular formula is C22H24N2O4. The van der Waals surface area contributed by atoms with Gasteiger partial charge in [0.25, 0.3) is 5.91 Å². The topological polar surface area (TPSA) is 76.6 Å². The Morgan fingerprint density at radius 3 is 2.61 bits per heavy atom. The van der Waals surface area contributed by atoms with Crippen molar-refractivity contribution in [3.63, 3.8) is 0 Å². The molecule has 146 valence electrons. The monoisotopic (exact) mass is 380 g/mol. The van der Waals surface area contributed by atoms with Crippen LogP contribution in [0.1, 0.15) is 47.0 Å². The molecule has 1 amide bonds. The Kier molecular flexibility index (Phi) is 6.53. The number of benzene rings is 1. The third kappa shape index (κ3) is 4.82. The minimum atomic E-state index is -0.230. The van der Waals surface area contributed by atoms with Crippen LogP contribution < -0.4 is 4.74 Å². The van der Waals surface area contributed by atoms with Crippen LogP contribution in [0.2, 0.25) is 0 Å². The van der Waals surface area contributed by atoms with Crippen molar-refractivity contribution in [2.45, 2.75) is 26.2 Å². The number of piperidine rings is 1. The molecule has 6 heteroatoms. The summed E-state index contributed by atoms with van der Waals surface area (Å²) in [7, 11) is 0. The van der Waals surface area contributed by atoms with E-state index in [2.05, 4.69) is 4.98 Å². The highest BCUT2D eigenvalue weighted by Crippen LogP contribution is 2.21. The Morgan fingerprint density at radius 2 is 1.93 bits per heavy atom. The lowest BCUT2D eigenvalue weighted by Gasteiger charge is -2.31. The molecule has 28 heavy (non-hydrogen) atoms. The van der Waals surface area contributed by atoms with E-state index in [-0.39, 0.29) is 30.0 Å². The summed E-state index contributed by atoms with van der Waals surface area (Å²) in [6.45, 7) is 2.74. The predicted molar refractivity (Wildman–Crippen MR) is 104 cm³/mol. The van der Waals surface area contributed by atoms with Crippen LogP contribution in [0.15, 0.2) is 48.7 Å². The van der Waals surface area contributed by atoms with Crippen molar-refractivity contribution in [1.82, 2.24) is 9.88 Å². The van der Waals surface area contributed by atoms with E-state index >= 15 is 0 Å². The fourth-order valence-electron chi connectivity index (χ4n) is 3.31. The summed E-state index contributed by atoms with van der Waals surface area (Å²) in [5, 5.41) is 0. The molecule has 1 aliphatic rings. The van der Waals surface area contributed by atoms with Gasteiger partial charge < -0.3 is 9.64 Å². The largest absolute Gasteiger partial charge is 0.484 e. The van der Waals surface area contributed by atoms with E-state index in [1.807, 2.05) is 6.92 Å². The summed E-state index contributed by atoms with van der Waals surface area (Å²) in [5.74, 6) is 0.216. The first-order valence-electron chi connectivity index (χ1n) is 9.57. The van der Waals surface area contributed by atoms with Gasteiger partial charge in [-0.2, -0.15) is 0 Å². The van der Waals surface area contributed by atoms with E-state index in [1.165, 1.54) is 0 Å². The van der Waals surface area contributed by atoms with Crippen LogP contribution in [0, 0.1) is 5.92 Å². The smallest absolute Gasteiger partial charge is 0.260 e. The van der Waals surface area contributed by atoms with E-state index in [0.29, 0.717) is 36.5 Å². The molecule has 0 radical (unpaired) electrons. The number of nitrogens with zero attached hydrogens (tertiary/aromatic N) is 2. The van der Waals surface area contributed by atoms with Gasteiger partial charge in [-0.25, -0.2) is 0 Å². The standard InChI is InChI=1S/C22H24N2O4/c1-2-20(25)16-8-10-18(11-9-16)28-15-21(26)24-13-5-6-17(14-24)22(27)19-7-3-4-12-23-19/h3-4,7-12,17H,2,5-6,13-15H2,1H3/t17-/m1/s1. The van der Waals surface area contributed by atoms with Gasteiger partial charge in [-0.05, 0) is 49.2 Å². The maximum atomic E-state index is 12.6. The third-order valence-electron chi connectivity index (χ3n) is 4.92. The highest BCUT2D eigenvalue weighted by Gasteiger charge is 2.29. The lowest BCUT2D eigenvalue weighted by molar-refractivity contribution is -0.134. The van der Waals surface area contributed by atoms with Crippen LogP contribution >= 0.6 is 0 Å². The van der Waals surface area contributed by atoms with Gasteiger partial charge >= 0.3 is 0 Å². The Balaban J connectivity index is 1.54. The van der Waals surface area contributed by atoms with Crippen LogP contribution in [0.4, 0.5) is 0 Å². The molecule has 0 spiro atoms. The van der Waals surface area contributed by atoms with E-state index < -0.39 is 0 Å². The van der Waals surface area contributed by atoms with Crippen LogP contribution in [0.25, 0.3) is 0 Å². The number of carbonyl (C=O) groups is 3. The van der Waals surface area contributed by atoms with Crippen LogP contribution in [0.5, 0.6) is 5.75 Å². The molecule has 0 unspecified atom stereocenters. The lowest BCUT2D eigenvalue weighted by Crippen LogP contribution is -2.44. The third-order valence-corrected chi connectivity index (χ3v) is 4.92. The average Bonchev–Trinajstić information content (AvgIpc) is 2.77. The number of rotatable bonds is 7.